The van der Waals surface area contributed by atoms with Crippen molar-refractivity contribution in [3.05, 3.63) is 77.5 Å². The second-order valence-corrected chi connectivity index (χ2v) is 7.26. The molecule has 0 spiro atoms. The first kappa shape index (κ1) is 18.7. The van der Waals surface area contributed by atoms with E-state index in [1.54, 1.807) is 11.1 Å². The second-order valence-electron chi connectivity index (χ2n) is 7.26. The molecule has 1 unspecified atom stereocenters. The van der Waals surface area contributed by atoms with E-state index in [1.807, 2.05) is 67.3 Å². The number of rotatable bonds is 5. The first-order valence-electron chi connectivity index (χ1n) is 9.34. The van der Waals surface area contributed by atoms with E-state index < -0.39 is 0 Å². The summed E-state index contributed by atoms with van der Waals surface area (Å²) in [7, 11) is 0. The number of hydrogen-bond acceptors (Lipinski definition) is 3. The van der Waals surface area contributed by atoms with Crippen LogP contribution in [0, 0.1) is 11.3 Å². The summed E-state index contributed by atoms with van der Waals surface area (Å²) in [6.07, 6.45) is 2.64. The monoisotopic (exact) mass is 359 g/mol. The summed E-state index contributed by atoms with van der Waals surface area (Å²) in [5.41, 5.74) is 3.54. The van der Waals surface area contributed by atoms with Gasteiger partial charge in [-0.1, -0.05) is 48.5 Å². The maximum absolute atomic E-state index is 13.1. The Balaban J connectivity index is 1.88. The number of carbonyl (C=O) groups is 1. The highest BCUT2D eigenvalue weighted by Crippen LogP contribution is 2.32. The fraction of sp³-hybridized carbons (Fsp3) is 0.304. The SMILES string of the molecule is CC(C)N(Cc1ccccc1)C(=O)/C(C#N)=C\N1c2ccccc2CC1C. The largest absolute Gasteiger partial charge is 0.343 e. The van der Waals surface area contributed by atoms with Crippen molar-refractivity contribution in [2.45, 2.75) is 45.8 Å². The van der Waals surface area contributed by atoms with Crippen LogP contribution in [0.4, 0.5) is 5.69 Å². The highest BCUT2D eigenvalue weighted by Gasteiger charge is 2.27. The minimum Gasteiger partial charge on any atom is -0.343 e. The Kier molecular flexibility index (Phi) is 5.61. The van der Waals surface area contributed by atoms with Gasteiger partial charge in [0.2, 0.25) is 0 Å². The fourth-order valence-corrected chi connectivity index (χ4v) is 3.48. The molecule has 0 aliphatic carbocycles. The van der Waals surface area contributed by atoms with E-state index in [-0.39, 0.29) is 23.6 Å². The van der Waals surface area contributed by atoms with Crippen LogP contribution >= 0.6 is 0 Å². The van der Waals surface area contributed by atoms with Crippen LogP contribution in [0.15, 0.2) is 66.4 Å². The molecule has 1 aliphatic heterocycles. The molecule has 0 fully saturated rings. The zero-order chi connectivity index (χ0) is 19.4. The number of anilines is 1. The summed E-state index contributed by atoms with van der Waals surface area (Å²) in [6.45, 7) is 6.55. The topological polar surface area (TPSA) is 47.3 Å². The molecule has 1 aliphatic rings. The molecule has 2 aromatic rings. The van der Waals surface area contributed by atoms with Crippen LogP contribution in [0.1, 0.15) is 31.9 Å². The molecule has 4 heteroatoms. The van der Waals surface area contributed by atoms with Crippen molar-refractivity contribution >= 4 is 11.6 Å². The lowest BCUT2D eigenvalue weighted by Gasteiger charge is -2.28. The molecular formula is C23H25N3O. The van der Waals surface area contributed by atoms with E-state index in [0.29, 0.717) is 6.54 Å². The minimum absolute atomic E-state index is 0.00209. The van der Waals surface area contributed by atoms with Gasteiger partial charge >= 0.3 is 0 Å². The van der Waals surface area contributed by atoms with Crippen LogP contribution < -0.4 is 4.90 Å². The van der Waals surface area contributed by atoms with Crippen LogP contribution in [-0.4, -0.2) is 22.9 Å². The van der Waals surface area contributed by atoms with E-state index in [2.05, 4.69) is 19.1 Å². The van der Waals surface area contributed by atoms with Gasteiger partial charge in [0.15, 0.2) is 0 Å². The average molecular weight is 359 g/mol. The molecule has 0 bridgehead atoms. The fourth-order valence-electron chi connectivity index (χ4n) is 3.48. The molecule has 0 radical (unpaired) electrons. The molecule has 1 heterocycles. The Morgan fingerprint density at radius 1 is 1.22 bits per heavy atom. The molecule has 0 aromatic heterocycles. The van der Waals surface area contributed by atoms with Crippen molar-refractivity contribution in [2.75, 3.05) is 4.90 Å². The lowest BCUT2D eigenvalue weighted by molar-refractivity contribution is -0.129. The normalized spacial score (nSPS) is 16.2. The van der Waals surface area contributed by atoms with E-state index in [4.69, 9.17) is 0 Å². The summed E-state index contributed by atoms with van der Waals surface area (Å²) in [6, 6.07) is 20.4. The van der Waals surface area contributed by atoms with Gasteiger partial charge in [0.1, 0.15) is 11.6 Å². The van der Waals surface area contributed by atoms with Crippen LogP contribution in [0.5, 0.6) is 0 Å². The molecule has 1 atom stereocenters. The molecule has 1 amide bonds. The van der Waals surface area contributed by atoms with E-state index in [1.165, 1.54) is 5.56 Å². The third kappa shape index (κ3) is 4.03. The number of para-hydroxylation sites is 1. The van der Waals surface area contributed by atoms with Gasteiger partial charge in [-0.25, -0.2) is 0 Å². The lowest BCUT2D eigenvalue weighted by atomic mass is 10.1. The number of benzene rings is 2. The molecule has 0 saturated heterocycles. The van der Waals surface area contributed by atoms with E-state index >= 15 is 0 Å². The van der Waals surface area contributed by atoms with Gasteiger partial charge in [-0.05, 0) is 44.4 Å². The quantitative estimate of drug-likeness (QED) is 0.591. The van der Waals surface area contributed by atoms with Crippen LogP contribution in [-0.2, 0) is 17.8 Å². The molecule has 3 rings (SSSR count). The number of amides is 1. The third-order valence-corrected chi connectivity index (χ3v) is 4.96. The Morgan fingerprint density at radius 3 is 2.56 bits per heavy atom. The molecule has 2 aromatic carbocycles. The number of carbonyl (C=O) groups excluding carboxylic acids is 1. The van der Waals surface area contributed by atoms with Crippen molar-refractivity contribution in [2.24, 2.45) is 0 Å². The smallest absolute Gasteiger partial charge is 0.266 e. The highest BCUT2D eigenvalue weighted by atomic mass is 16.2. The number of nitrogens with zero attached hydrogens (tertiary/aromatic N) is 3. The van der Waals surface area contributed by atoms with Gasteiger partial charge in [-0.3, -0.25) is 4.79 Å². The Hall–Kier alpha value is -3.06. The van der Waals surface area contributed by atoms with E-state index in [0.717, 1.165) is 17.7 Å². The second kappa shape index (κ2) is 8.09. The van der Waals surface area contributed by atoms with Crippen molar-refractivity contribution in [1.29, 1.82) is 5.26 Å². The predicted molar refractivity (Wildman–Crippen MR) is 108 cm³/mol. The van der Waals surface area contributed by atoms with Crippen molar-refractivity contribution < 1.29 is 4.79 Å². The van der Waals surface area contributed by atoms with Crippen molar-refractivity contribution in [1.82, 2.24) is 4.90 Å². The predicted octanol–water partition coefficient (Wildman–Crippen LogP) is 4.28. The highest BCUT2D eigenvalue weighted by molar-refractivity contribution is 5.98. The van der Waals surface area contributed by atoms with Gasteiger partial charge < -0.3 is 9.80 Å². The molecule has 0 saturated carbocycles. The van der Waals surface area contributed by atoms with E-state index in [9.17, 15) is 10.1 Å². The molecule has 138 valence electrons. The zero-order valence-corrected chi connectivity index (χ0v) is 16.1. The number of fused-ring (bicyclic) bond motifs is 1. The summed E-state index contributed by atoms with van der Waals surface area (Å²) in [5, 5.41) is 9.70. The van der Waals surface area contributed by atoms with Gasteiger partial charge in [0.05, 0.1) is 0 Å². The lowest BCUT2D eigenvalue weighted by Crippen LogP contribution is -2.38. The van der Waals surface area contributed by atoms with Gasteiger partial charge in [0.25, 0.3) is 5.91 Å². The van der Waals surface area contributed by atoms with Gasteiger partial charge in [-0.2, -0.15) is 5.26 Å². The Labute approximate surface area is 161 Å². The number of nitriles is 1. The Morgan fingerprint density at radius 2 is 1.89 bits per heavy atom. The summed E-state index contributed by atoms with van der Waals surface area (Å²) in [4.78, 5) is 16.9. The molecular weight excluding hydrogens is 334 g/mol. The average Bonchev–Trinajstić information content (AvgIpc) is 2.99. The maximum Gasteiger partial charge on any atom is 0.266 e. The first-order chi connectivity index (χ1) is 13.0. The summed E-state index contributed by atoms with van der Waals surface area (Å²) in [5.74, 6) is -0.229. The van der Waals surface area contributed by atoms with Crippen molar-refractivity contribution in [3.8, 4) is 6.07 Å². The third-order valence-electron chi connectivity index (χ3n) is 4.96. The molecule has 27 heavy (non-hydrogen) atoms. The summed E-state index contributed by atoms with van der Waals surface area (Å²) < 4.78 is 0. The van der Waals surface area contributed by atoms with Crippen LogP contribution in [0.25, 0.3) is 0 Å². The first-order valence-corrected chi connectivity index (χ1v) is 9.34. The Bertz CT molecular complexity index is 880. The zero-order valence-electron chi connectivity index (χ0n) is 16.1. The van der Waals surface area contributed by atoms with Crippen LogP contribution in [0.2, 0.25) is 0 Å². The van der Waals surface area contributed by atoms with Gasteiger partial charge in [-0.15, -0.1) is 0 Å². The van der Waals surface area contributed by atoms with Crippen molar-refractivity contribution in [3.63, 3.8) is 0 Å². The molecule has 4 nitrogen and oxygen atoms in total. The maximum atomic E-state index is 13.1. The van der Waals surface area contributed by atoms with Crippen LogP contribution in [0.3, 0.4) is 0 Å². The summed E-state index contributed by atoms with van der Waals surface area (Å²) >= 11 is 0. The van der Waals surface area contributed by atoms with Gasteiger partial charge in [0, 0.05) is 30.5 Å². The standard InChI is InChI=1S/C23H25N3O/c1-17(2)25(15-19-9-5-4-6-10-19)23(27)21(14-24)16-26-18(3)13-20-11-7-8-12-22(20)26/h4-12,16-18H,13,15H2,1-3H3/b21-16-. The molecule has 0 N–H and O–H groups in total. The minimum atomic E-state index is -0.229. The number of hydrogen-bond donors (Lipinski definition) is 0.